The van der Waals surface area contributed by atoms with Gasteiger partial charge in [-0.2, -0.15) is 0 Å². The lowest BCUT2D eigenvalue weighted by molar-refractivity contribution is -0.107. The first-order chi connectivity index (χ1) is 19.8. The predicted octanol–water partition coefficient (Wildman–Crippen LogP) is 5.01. The Morgan fingerprint density at radius 3 is 2.32 bits per heavy atom. The van der Waals surface area contributed by atoms with E-state index in [9.17, 15) is 0 Å². The van der Waals surface area contributed by atoms with Crippen molar-refractivity contribution in [1.82, 2.24) is 19.5 Å². The molecular weight excluding hydrogens is 530 g/mol. The van der Waals surface area contributed by atoms with Gasteiger partial charge in [0.25, 0.3) is 8.32 Å². The number of nitrogens with two attached hydrogens (primary N) is 1. The van der Waals surface area contributed by atoms with Gasteiger partial charge in [0.15, 0.2) is 11.5 Å². The minimum Gasteiger partial charge on any atom is -0.404 e. The summed E-state index contributed by atoms with van der Waals surface area (Å²) in [5, 5.41) is 2.25. The van der Waals surface area contributed by atoms with E-state index < -0.39 is 13.9 Å². The van der Waals surface area contributed by atoms with Gasteiger partial charge in [-0.15, -0.1) is 6.58 Å². The fourth-order valence-corrected chi connectivity index (χ4v) is 10.5. The Kier molecular flexibility index (Phi) is 8.42. The van der Waals surface area contributed by atoms with Gasteiger partial charge in [0, 0.05) is 13.0 Å². The molecule has 1 aliphatic rings. The van der Waals surface area contributed by atoms with Crippen molar-refractivity contribution >= 4 is 35.7 Å². The number of hydrogen-bond donors (Lipinski definition) is 1. The zero-order valence-corrected chi connectivity index (χ0v) is 25.5. The summed E-state index contributed by atoms with van der Waals surface area (Å²) in [6.45, 7) is 14.2. The molecule has 2 aromatic heterocycles. The van der Waals surface area contributed by atoms with Crippen LogP contribution < -0.4 is 16.1 Å². The summed E-state index contributed by atoms with van der Waals surface area (Å²) in [4.78, 5) is 13.0. The topological polar surface area (TPSA) is 97.3 Å². The number of rotatable bonds is 11. The van der Waals surface area contributed by atoms with Crippen LogP contribution in [0.1, 0.15) is 53.2 Å². The molecule has 216 valence electrons. The molecule has 2 aromatic carbocycles. The fraction of sp³-hybridized carbons (Fsp3) is 0.406. The highest BCUT2D eigenvalue weighted by Gasteiger charge is 2.55. The number of unbranched alkanes of at least 4 members (excludes halogenated alkanes) is 1. The molecule has 8 nitrogen and oxygen atoms in total. The minimum atomic E-state index is -2.83. The number of aromatic nitrogens is 4. The van der Waals surface area contributed by atoms with E-state index in [1.54, 1.807) is 6.33 Å². The molecule has 0 amide bonds. The van der Waals surface area contributed by atoms with Gasteiger partial charge in [-0.25, -0.2) is 15.0 Å². The summed E-state index contributed by atoms with van der Waals surface area (Å²) in [5.41, 5.74) is 6.37. The second-order valence-electron chi connectivity index (χ2n) is 11.7. The normalized spacial score (nSPS) is 21.4. The smallest absolute Gasteiger partial charge is 0.261 e. The summed E-state index contributed by atoms with van der Waals surface area (Å²) in [5.74, 6) is 0.340. The molecule has 0 saturated carbocycles. The predicted molar refractivity (Wildman–Crippen MR) is 166 cm³/mol. The number of imidazole rings is 1. The Hall–Kier alpha value is -3.37. The van der Waals surface area contributed by atoms with E-state index in [2.05, 4.69) is 110 Å². The third kappa shape index (κ3) is 5.35. The SMILES string of the molecule is C=CC1(CO[Si](c2ccccc2)(c2ccccc2)C(C)(C)C)OC(n2cnc3c(N)ncnc32)CC1OCCCC. The van der Waals surface area contributed by atoms with Crippen molar-refractivity contribution in [3.63, 3.8) is 0 Å². The molecule has 1 saturated heterocycles. The van der Waals surface area contributed by atoms with Crippen LogP contribution >= 0.6 is 0 Å². The average Bonchev–Trinajstić information content (AvgIpc) is 3.57. The van der Waals surface area contributed by atoms with E-state index in [-0.39, 0.29) is 17.4 Å². The van der Waals surface area contributed by atoms with E-state index in [0.29, 0.717) is 36.6 Å². The molecule has 3 atom stereocenters. The first-order valence-electron chi connectivity index (χ1n) is 14.4. The Labute approximate surface area is 243 Å². The van der Waals surface area contributed by atoms with Crippen molar-refractivity contribution in [2.45, 2.75) is 69.9 Å². The third-order valence-electron chi connectivity index (χ3n) is 8.11. The van der Waals surface area contributed by atoms with Crippen LogP contribution in [0.2, 0.25) is 5.04 Å². The van der Waals surface area contributed by atoms with Crippen LogP contribution in [0, 0.1) is 0 Å². The zero-order chi connectivity index (χ0) is 29.1. The fourth-order valence-electron chi connectivity index (χ4n) is 5.94. The quantitative estimate of drug-likeness (QED) is 0.153. The molecule has 0 aliphatic carbocycles. The van der Waals surface area contributed by atoms with Crippen LogP contribution in [-0.2, 0) is 13.9 Å². The summed E-state index contributed by atoms with van der Waals surface area (Å²) >= 11 is 0. The molecule has 0 spiro atoms. The van der Waals surface area contributed by atoms with E-state index in [1.165, 1.54) is 16.7 Å². The van der Waals surface area contributed by atoms with E-state index in [1.807, 2.05) is 10.6 Å². The van der Waals surface area contributed by atoms with Crippen LogP contribution in [0.4, 0.5) is 5.82 Å². The lowest BCUT2D eigenvalue weighted by atomic mass is 9.97. The molecule has 3 heterocycles. The number of nitrogen functional groups attached to an aromatic ring is 1. The molecule has 0 radical (unpaired) electrons. The highest BCUT2D eigenvalue weighted by atomic mass is 28.4. The van der Waals surface area contributed by atoms with Crippen LogP contribution in [0.5, 0.6) is 0 Å². The molecule has 41 heavy (non-hydrogen) atoms. The van der Waals surface area contributed by atoms with Gasteiger partial charge >= 0.3 is 0 Å². The summed E-state index contributed by atoms with van der Waals surface area (Å²) in [6.07, 6.45) is 6.96. The van der Waals surface area contributed by atoms with Crippen molar-refractivity contribution in [1.29, 1.82) is 0 Å². The molecule has 5 rings (SSSR count). The standard InChI is InChI=1S/C32H41N5O3Si/c1-6-8-19-38-26-20-27(37-23-36-28-29(33)34-22-35-30(28)37)40-32(26,7-2)21-39-41(31(3,4)5,24-15-11-9-12-16-24)25-17-13-10-14-18-25/h7,9-18,22-23,26-27H,2,6,8,19-21H2,1,3-5H3,(H2,33,34,35). The molecule has 0 bridgehead atoms. The van der Waals surface area contributed by atoms with Gasteiger partial charge in [0.2, 0.25) is 0 Å². The maximum Gasteiger partial charge on any atom is 0.261 e. The Morgan fingerprint density at radius 1 is 1.07 bits per heavy atom. The van der Waals surface area contributed by atoms with Crippen LogP contribution in [-0.4, -0.2) is 52.8 Å². The molecule has 1 fully saturated rings. The van der Waals surface area contributed by atoms with Gasteiger partial charge in [-0.1, -0.05) is 101 Å². The Balaban J connectivity index is 1.55. The average molecular weight is 572 g/mol. The van der Waals surface area contributed by atoms with Gasteiger partial charge in [-0.3, -0.25) is 4.57 Å². The van der Waals surface area contributed by atoms with Crippen molar-refractivity contribution < 1.29 is 13.9 Å². The molecule has 4 aromatic rings. The minimum absolute atomic E-state index is 0.177. The van der Waals surface area contributed by atoms with Crippen LogP contribution in [0.25, 0.3) is 11.2 Å². The van der Waals surface area contributed by atoms with Crippen molar-refractivity contribution in [2.75, 3.05) is 18.9 Å². The molecular formula is C32H41N5O3Si. The summed E-state index contributed by atoms with van der Waals surface area (Å²) in [7, 11) is -2.83. The largest absolute Gasteiger partial charge is 0.404 e. The number of nitrogens with zero attached hydrogens (tertiary/aromatic N) is 4. The van der Waals surface area contributed by atoms with Gasteiger partial charge in [0.05, 0.1) is 19.0 Å². The first kappa shape index (κ1) is 29.1. The third-order valence-corrected chi connectivity index (χ3v) is 13.1. The number of benzene rings is 2. The maximum atomic E-state index is 7.35. The first-order valence-corrected chi connectivity index (χ1v) is 16.3. The molecule has 3 unspecified atom stereocenters. The van der Waals surface area contributed by atoms with Crippen LogP contribution in [0.15, 0.2) is 86.0 Å². The van der Waals surface area contributed by atoms with Crippen molar-refractivity contribution in [3.8, 4) is 0 Å². The number of fused-ring (bicyclic) bond motifs is 1. The van der Waals surface area contributed by atoms with E-state index >= 15 is 0 Å². The number of anilines is 1. The highest BCUT2D eigenvalue weighted by molar-refractivity contribution is 6.99. The zero-order valence-electron chi connectivity index (χ0n) is 24.5. The van der Waals surface area contributed by atoms with Gasteiger partial charge in [0.1, 0.15) is 23.7 Å². The van der Waals surface area contributed by atoms with E-state index in [0.717, 1.165) is 12.8 Å². The molecule has 2 N–H and O–H groups in total. The summed E-state index contributed by atoms with van der Waals surface area (Å²) < 4.78 is 22.7. The second kappa shape index (κ2) is 11.9. The number of hydrogen-bond acceptors (Lipinski definition) is 7. The van der Waals surface area contributed by atoms with Crippen molar-refractivity contribution in [2.24, 2.45) is 0 Å². The van der Waals surface area contributed by atoms with Crippen molar-refractivity contribution in [3.05, 3.63) is 86.0 Å². The van der Waals surface area contributed by atoms with Gasteiger partial charge < -0.3 is 19.6 Å². The highest BCUT2D eigenvalue weighted by Crippen LogP contribution is 2.43. The van der Waals surface area contributed by atoms with Crippen LogP contribution in [0.3, 0.4) is 0 Å². The lowest BCUT2D eigenvalue weighted by Gasteiger charge is -2.45. The second-order valence-corrected chi connectivity index (χ2v) is 16.0. The lowest BCUT2D eigenvalue weighted by Crippen LogP contribution is -2.68. The monoisotopic (exact) mass is 571 g/mol. The molecule has 1 aliphatic heterocycles. The summed E-state index contributed by atoms with van der Waals surface area (Å²) in [6, 6.07) is 21.2. The Morgan fingerprint density at radius 2 is 1.73 bits per heavy atom. The molecule has 9 heteroatoms. The maximum absolute atomic E-state index is 7.35. The van der Waals surface area contributed by atoms with E-state index in [4.69, 9.17) is 19.6 Å². The number of ether oxygens (including phenoxy) is 2. The van der Waals surface area contributed by atoms with Gasteiger partial charge in [-0.05, 0) is 21.8 Å². The Bertz CT molecular complexity index is 1420.